The summed E-state index contributed by atoms with van der Waals surface area (Å²) in [6, 6.07) is 9.06. The second-order valence-corrected chi connectivity index (χ2v) is 5.51. The van der Waals surface area contributed by atoms with Gasteiger partial charge in [0.05, 0.1) is 6.20 Å². The van der Waals surface area contributed by atoms with Crippen LogP contribution in [-0.2, 0) is 19.9 Å². The van der Waals surface area contributed by atoms with Crippen LogP contribution in [0.15, 0.2) is 36.7 Å². The van der Waals surface area contributed by atoms with Crippen molar-refractivity contribution in [3.05, 3.63) is 53.3 Å². The normalized spacial score (nSPS) is 19.0. The number of benzene rings is 1. The Labute approximate surface area is 120 Å². The van der Waals surface area contributed by atoms with Crippen molar-refractivity contribution >= 4 is 0 Å². The summed E-state index contributed by atoms with van der Waals surface area (Å²) in [5, 5.41) is 4.23. The van der Waals surface area contributed by atoms with Crippen molar-refractivity contribution in [2.75, 3.05) is 19.6 Å². The smallest absolute Gasteiger partial charge is 0.0522 e. The van der Waals surface area contributed by atoms with E-state index in [0.717, 1.165) is 25.9 Å². The molecular formula is C16H22N4. The van der Waals surface area contributed by atoms with Crippen LogP contribution in [0.4, 0.5) is 0 Å². The van der Waals surface area contributed by atoms with Gasteiger partial charge in [0.2, 0.25) is 0 Å². The van der Waals surface area contributed by atoms with Gasteiger partial charge in [-0.2, -0.15) is 5.10 Å². The highest BCUT2D eigenvalue weighted by atomic mass is 15.2. The number of aromatic nitrogens is 2. The summed E-state index contributed by atoms with van der Waals surface area (Å²) < 4.78 is 1.86. The summed E-state index contributed by atoms with van der Waals surface area (Å²) in [5.41, 5.74) is 10.2. The Morgan fingerprint density at radius 2 is 2.20 bits per heavy atom. The second-order valence-electron chi connectivity index (χ2n) is 5.51. The fourth-order valence-corrected chi connectivity index (χ4v) is 3.12. The Morgan fingerprint density at radius 1 is 1.35 bits per heavy atom. The number of hydrogen-bond acceptors (Lipinski definition) is 3. The molecule has 0 radical (unpaired) electrons. The first-order valence-electron chi connectivity index (χ1n) is 7.27. The lowest BCUT2D eigenvalue weighted by molar-refractivity contribution is 0.192. The third-order valence-electron chi connectivity index (χ3n) is 4.19. The fraction of sp³-hybridized carbons (Fsp3) is 0.438. The highest BCUT2D eigenvalue weighted by Crippen LogP contribution is 2.28. The molecule has 0 amide bonds. The van der Waals surface area contributed by atoms with Crippen molar-refractivity contribution in [2.45, 2.75) is 18.9 Å². The van der Waals surface area contributed by atoms with Crippen LogP contribution >= 0.6 is 0 Å². The molecule has 0 aliphatic carbocycles. The van der Waals surface area contributed by atoms with E-state index in [1.165, 1.54) is 16.7 Å². The molecule has 4 heteroatoms. The second kappa shape index (κ2) is 5.77. The fourth-order valence-electron chi connectivity index (χ4n) is 3.12. The van der Waals surface area contributed by atoms with E-state index in [0.29, 0.717) is 12.6 Å². The number of hydrogen-bond donors (Lipinski definition) is 1. The van der Waals surface area contributed by atoms with Gasteiger partial charge in [0.15, 0.2) is 0 Å². The minimum absolute atomic E-state index is 0.358. The Bertz CT molecular complexity index is 575. The summed E-state index contributed by atoms with van der Waals surface area (Å²) in [7, 11) is 1.96. The zero-order valence-electron chi connectivity index (χ0n) is 12.0. The maximum absolute atomic E-state index is 6.02. The quantitative estimate of drug-likeness (QED) is 0.916. The average Bonchev–Trinajstić information content (AvgIpc) is 2.90. The first kappa shape index (κ1) is 13.3. The van der Waals surface area contributed by atoms with E-state index in [9.17, 15) is 0 Å². The first-order chi connectivity index (χ1) is 9.78. The van der Waals surface area contributed by atoms with Gasteiger partial charge in [0, 0.05) is 38.9 Å². The van der Waals surface area contributed by atoms with E-state index in [4.69, 9.17) is 5.73 Å². The molecule has 0 bridgehead atoms. The van der Waals surface area contributed by atoms with E-state index in [1.807, 2.05) is 17.9 Å². The van der Waals surface area contributed by atoms with E-state index in [1.54, 1.807) is 0 Å². The largest absolute Gasteiger partial charge is 0.329 e. The number of nitrogens with zero attached hydrogens (tertiary/aromatic N) is 3. The lowest BCUT2D eigenvalue weighted by Crippen LogP contribution is -2.40. The number of fused-ring (bicyclic) bond motifs is 1. The van der Waals surface area contributed by atoms with E-state index in [2.05, 4.69) is 40.5 Å². The predicted molar refractivity (Wildman–Crippen MR) is 80.4 cm³/mol. The first-order valence-corrected chi connectivity index (χ1v) is 7.27. The van der Waals surface area contributed by atoms with Crippen LogP contribution in [0.2, 0.25) is 0 Å². The monoisotopic (exact) mass is 270 g/mol. The van der Waals surface area contributed by atoms with Crippen LogP contribution in [0.1, 0.15) is 22.7 Å². The molecule has 2 aromatic rings. The number of nitrogens with two attached hydrogens (primary N) is 1. The van der Waals surface area contributed by atoms with E-state index in [-0.39, 0.29) is 0 Å². The van der Waals surface area contributed by atoms with E-state index >= 15 is 0 Å². The molecule has 4 nitrogen and oxygen atoms in total. The van der Waals surface area contributed by atoms with Crippen molar-refractivity contribution in [3.63, 3.8) is 0 Å². The van der Waals surface area contributed by atoms with Gasteiger partial charge in [-0.25, -0.2) is 0 Å². The van der Waals surface area contributed by atoms with Crippen LogP contribution in [0.3, 0.4) is 0 Å². The van der Waals surface area contributed by atoms with E-state index < -0.39 is 0 Å². The van der Waals surface area contributed by atoms with Crippen LogP contribution in [0, 0.1) is 0 Å². The van der Waals surface area contributed by atoms with Crippen LogP contribution < -0.4 is 5.73 Å². The highest BCUT2D eigenvalue weighted by molar-refractivity contribution is 5.32. The lowest BCUT2D eigenvalue weighted by atomic mass is 9.92. The van der Waals surface area contributed by atoms with Crippen molar-refractivity contribution in [1.82, 2.24) is 14.7 Å². The molecule has 0 fully saturated rings. The molecule has 2 N–H and O–H groups in total. The molecule has 1 aromatic carbocycles. The van der Waals surface area contributed by atoms with Gasteiger partial charge in [-0.15, -0.1) is 0 Å². The van der Waals surface area contributed by atoms with Gasteiger partial charge in [-0.1, -0.05) is 24.3 Å². The van der Waals surface area contributed by atoms with Crippen LogP contribution in [0.5, 0.6) is 0 Å². The molecule has 20 heavy (non-hydrogen) atoms. The topological polar surface area (TPSA) is 47.1 Å². The van der Waals surface area contributed by atoms with Crippen LogP contribution in [-0.4, -0.2) is 34.3 Å². The lowest BCUT2D eigenvalue weighted by Gasteiger charge is -2.36. The molecule has 1 aromatic heterocycles. The molecule has 0 saturated carbocycles. The van der Waals surface area contributed by atoms with Gasteiger partial charge in [-0.05, 0) is 29.5 Å². The SMILES string of the molecule is Cn1cc(CCN2CCc3ccccc3C2CN)cn1. The average molecular weight is 270 g/mol. The summed E-state index contributed by atoms with van der Waals surface area (Å²) in [5.74, 6) is 0. The third-order valence-corrected chi connectivity index (χ3v) is 4.19. The predicted octanol–water partition coefficient (Wildman–Crippen LogP) is 1.52. The highest BCUT2D eigenvalue weighted by Gasteiger charge is 2.25. The van der Waals surface area contributed by atoms with Gasteiger partial charge in [-0.3, -0.25) is 9.58 Å². The molecule has 1 aliphatic rings. The van der Waals surface area contributed by atoms with Crippen molar-refractivity contribution in [3.8, 4) is 0 Å². The molecular weight excluding hydrogens is 248 g/mol. The zero-order chi connectivity index (χ0) is 13.9. The summed E-state index contributed by atoms with van der Waals surface area (Å²) in [4.78, 5) is 2.51. The maximum Gasteiger partial charge on any atom is 0.0522 e. The van der Waals surface area contributed by atoms with Gasteiger partial charge >= 0.3 is 0 Å². The molecule has 0 spiro atoms. The molecule has 1 aliphatic heterocycles. The van der Waals surface area contributed by atoms with Crippen molar-refractivity contribution in [1.29, 1.82) is 0 Å². The molecule has 2 heterocycles. The van der Waals surface area contributed by atoms with Crippen molar-refractivity contribution < 1.29 is 0 Å². The Morgan fingerprint density at radius 3 is 2.95 bits per heavy atom. The summed E-state index contributed by atoms with van der Waals surface area (Å²) in [6.45, 7) is 2.82. The number of aryl methyl sites for hydroxylation is 1. The summed E-state index contributed by atoms with van der Waals surface area (Å²) >= 11 is 0. The minimum atomic E-state index is 0.358. The molecule has 106 valence electrons. The molecule has 3 rings (SSSR count). The molecule has 1 atom stereocenters. The zero-order valence-corrected chi connectivity index (χ0v) is 12.0. The van der Waals surface area contributed by atoms with Gasteiger partial charge in [0.1, 0.15) is 0 Å². The standard InChI is InChI=1S/C16H22N4/c1-19-12-13(11-18-19)6-8-20-9-7-14-4-2-3-5-15(14)16(20)10-17/h2-5,11-12,16H,6-10,17H2,1H3. The Kier molecular flexibility index (Phi) is 3.85. The Hall–Kier alpha value is -1.65. The van der Waals surface area contributed by atoms with Crippen LogP contribution in [0.25, 0.3) is 0 Å². The Balaban J connectivity index is 1.71. The minimum Gasteiger partial charge on any atom is -0.329 e. The third kappa shape index (κ3) is 2.62. The van der Waals surface area contributed by atoms with Gasteiger partial charge < -0.3 is 5.73 Å². The van der Waals surface area contributed by atoms with Crippen molar-refractivity contribution in [2.24, 2.45) is 12.8 Å². The molecule has 1 unspecified atom stereocenters. The maximum atomic E-state index is 6.02. The molecule has 0 saturated heterocycles. The number of rotatable bonds is 4. The summed E-state index contributed by atoms with van der Waals surface area (Å²) in [6.07, 6.45) is 6.21. The van der Waals surface area contributed by atoms with Gasteiger partial charge in [0.25, 0.3) is 0 Å².